The van der Waals surface area contributed by atoms with E-state index in [1.807, 2.05) is 0 Å². The van der Waals surface area contributed by atoms with Crippen LogP contribution in [0.4, 0.5) is 0 Å². The highest BCUT2D eigenvalue weighted by Crippen LogP contribution is 2.47. The van der Waals surface area contributed by atoms with Crippen LogP contribution in [0, 0.1) is 0 Å². The summed E-state index contributed by atoms with van der Waals surface area (Å²) in [5.74, 6) is 0.695. The van der Waals surface area contributed by atoms with Crippen LogP contribution in [0.1, 0.15) is 49.7 Å². The smallest absolute Gasteiger partial charge is 0.0196 e. The molecule has 1 heterocycles. The second kappa shape index (κ2) is 4.67. The highest BCUT2D eigenvalue weighted by atomic mass is 14.9. The van der Waals surface area contributed by atoms with Crippen molar-refractivity contribution in [2.75, 3.05) is 13.1 Å². The van der Waals surface area contributed by atoms with Gasteiger partial charge in [0.25, 0.3) is 0 Å². The molecule has 1 aliphatic heterocycles. The van der Waals surface area contributed by atoms with Gasteiger partial charge in [-0.1, -0.05) is 31.2 Å². The largest absolute Gasteiger partial charge is 0.329 e. The van der Waals surface area contributed by atoms with Crippen LogP contribution >= 0.6 is 0 Å². The maximum Gasteiger partial charge on any atom is 0.0196 e. The zero-order chi connectivity index (χ0) is 12.6. The van der Waals surface area contributed by atoms with E-state index >= 15 is 0 Å². The minimum atomic E-state index is 0.493. The first-order chi connectivity index (χ1) is 8.71. The monoisotopic (exact) mass is 244 g/mol. The average molecular weight is 244 g/mol. The normalized spacial score (nSPS) is 30.1. The molecule has 2 heteroatoms. The second-order valence-corrected chi connectivity index (χ2v) is 6.29. The number of nitrogens with one attached hydrogen (secondary N) is 1. The fourth-order valence-corrected chi connectivity index (χ4v) is 3.12. The topological polar surface area (TPSA) is 38.0 Å². The van der Waals surface area contributed by atoms with Gasteiger partial charge in [0.2, 0.25) is 0 Å². The van der Waals surface area contributed by atoms with Crippen LogP contribution in [0.2, 0.25) is 0 Å². The minimum Gasteiger partial charge on any atom is -0.329 e. The van der Waals surface area contributed by atoms with E-state index in [-0.39, 0.29) is 0 Å². The Morgan fingerprint density at radius 3 is 2.61 bits per heavy atom. The zero-order valence-corrected chi connectivity index (χ0v) is 11.3. The molecule has 0 amide bonds. The standard InChI is InChI=1S/C16H24N2/c1-16(7-8-16)14-4-2-12(3-5-14)13-6-9-18-15(10-13)11-17/h2-5,13,15,18H,6-11,17H2,1H3. The molecule has 2 atom stereocenters. The molecule has 1 aliphatic carbocycles. The highest BCUT2D eigenvalue weighted by molar-refractivity contribution is 5.34. The summed E-state index contributed by atoms with van der Waals surface area (Å²) in [4.78, 5) is 0. The quantitative estimate of drug-likeness (QED) is 0.857. The Labute approximate surface area is 110 Å². The van der Waals surface area contributed by atoms with Crippen molar-refractivity contribution >= 4 is 0 Å². The summed E-state index contributed by atoms with van der Waals surface area (Å²) in [6.45, 7) is 4.23. The molecule has 2 unspecified atom stereocenters. The van der Waals surface area contributed by atoms with Crippen molar-refractivity contribution in [2.45, 2.75) is 50.0 Å². The molecule has 98 valence electrons. The van der Waals surface area contributed by atoms with Gasteiger partial charge < -0.3 is 11.1 Å². The van der Waals surface area contributed by atoms with Crippen LogP contribution in [0.25, 0.3) is 0 Å². The molecule has 1 aromatic rings. The third-order valence-corrected chi connectivity index (χ3v) is 4.86. The van der Waals surface area contributed by atoms with Crippen molar-refractivity contribution in [1.29, 1.82) is 0 Å². The van der Waals surface area contributed by atoms with Gasteiger partial charge >= 0.3 is 0 Å². The van der Waals surface area contributed by atoms with Crippen LogP contribution in [-0.2, 0) is 5.41 Å². The third kappa shape index (κ3) is 2.32. The summed E-state index contributed by atoms with van der Waals surface area (Å²) in [7, 11) is 0. The van der Waals surface area contributed by atoms with E-state index in [0.29, 0.717) is 17.4 Å². The van der Waals surface area contributed by atoms with E-state index in [1.54, 1.807) is 0 Å². The Balaban J connectivity index is 1.72. The van der Waals surface area contributed by atoms with Crippen molar-refractivity contribution in [3.05, 3.63) is 35.4 Å². The molecule has 1 saturated heterocycles. The van der Waals surface area contributed by atoms with Crippen LogP contribution in [0.3, 0.4) is 0 Å². The van der Waals surface area contributed by atoms with E-state index in [0.717, 1.165) is 13.1 Å². The van der Waals surface area contributed by atoms with Crippen molar-refractivity contribution < 1.29 is 0 Å². The summed E-state index contributed by atoms with van der Waals surface area (Å²) >= 11 is 0. The fraction of sp³-hybridized carbons (Fsp3) is 0.625. The molecule has 18 heavy (non-hydrogen) atoms. The molecular weight excluding hydrogens is 220 g/mol. The van der Waals surface area contributed by atoms with Gasteiger partial charge in [0.05, 0.1) is 0 Å². The maximum atomic E-state index is 5.77. The lowest BCUT2D eigenvalue weighted by Gasteiger charge is -2.30. The van der Waals surface area contributed by atoms with Gasteiger partial charge in [0, 0.05) is 12.6 Å². The molecule has 2 aliphatic rings. The first-order valence-electron chi connectivity index (χ1n) is 7.25. The van der Waals surface area contributed by atoms with Crippen LogP contribution in [0.15, 0.2) is 24.3 Å². The van der Waals surface area contributed by atoms with E-state index in [9.17, 15) is 0 Å². The molecule has 2 fully saturated rings. The first kappa shape index (κ1) is 12.2. The van der Waals surface area contributed by atoms with E-state index < -0.39 is 0 Å². The summed E-state index contributed by atoms with van der Waals surface area (Å²) in [6.07, 6.45) is 5.14. The summed E-state index contributed by atoms with van der Waals surface area (Å²) < 4.78 is 0. The van der Waals surface area contributed by atoms with Gasteiger partial charge in [-0.3, -0.25) is 0 Å². The fourth-order valence-electron chi connectivity index (χ4n) is 3.12. The van der Waals surface area contributed by atoms with Gasteiger partial charge in [-0.2, -0.15) is 0 Å². The number of piperidine rings is 1. The molecule has 1 saturated carbocycles. The van der Waals surface area contributed by atoms with Crippen molar-refractivity contribution in [1.82, 2.24) is 5.32 Å². The van der Waals surface area contributed by atoms with Crippen LogP contribution in [0.5, 0.6) is 0 Å². The first-order valence-corrected chi connectivity index (χ1v) is 7.25. The van der Waals surface area contributed by atoms with Gasteiger partial charge in [0.1, 0.15) is 0 Å². The van der Waals surface area contributed by atoms with Gasteiger partial charge in [-0.25, -0.2) is 0 Å². The molecule has 0 bridgehead atoms. The SMILES string of the molecule is CC1(c2ccc(C3CCNC(CN)C3)cc2)CC1. The summed E-state index contributed by atoms with van der Waals surface area (Å²) in [5.41, 5.74) is 9.29. The third-order valence-electron chi connectivity index (χ3n) is 4.86. The lowest BCUT2D eigenvalue weighted by molar-refractivity contribution is 0.367. The molecular formula is C16H24N2. The van der Waals surface area contributed by atoms with Crippen LogP contribution < -0.4 is 11.1 Å². The summed E-state index contributed by atoms with van der Waals surface area (Å²) in [6, 6.07) is 9.90. The van der Waals surface area contributed by atoms with Gasteiger partial charge in [0.15, 0.2) is 0 Å². The number of rotatable bonds is 3. The molecule has 3 rings (SSSR count). The number of benzene rings is 1. The van der Waals surface area contributed by atoms with E-state index in [4.69, 9.17) is 5.73 Å². The summed E-state index contributed by atoms with van der Waals surface area (Å²) in [5, 5.41) is 3.49. The van der Waals surface area contributed by atoms with Gasteiger partial charge in [-0.15, -0.1) is 0 Å². The Kier molecular flexibility index (Phi) is 3.16. The molecule has 0 aromatic heterocycles. The lowest BCUT2D eigenvalue weighted by atomic mass is 9.85. The Hall–Kier alpha value is -0.860. The molecule has 1 aromatic carbocycles. The highest BCUT2D eigenvalue weighted by Gasteiger charge is 2.38. The predicted octanol–water partition coefficient (Wildman–Crippen LogP) is 2.53. The average Bonchev–Trinajstić information content (AvgIpc) is 3.18. The zero-order valence-electron chi connectivity index (χ0n) is 11.3. The number of nitrogens with two attached hydrogens (primary N) is 1. The number of hydrogen-bond donors (Lipinski definition) is 2. The maximum absolute atomic E-state index is 5.77. The molecule has 0 spiro atoms. The molecule has 2 nitrogen and oxygen atoms in total. The van der Waals surface area contributed by atoms with Crippen molar-refractivity contribution in [3.8, 4) is 0 Å². The Morgan fingerprint density at radius 2 is 2.00 bits per heavy atom. The van der Waals surface area contributed by atoms with Gasteiger partial charge in [-0.05, 0) is 54.7 Å². The number of hydrogen-bond acceptors (Lipinski definition) is 2. The second-order valence-electron chi connectivity index (χ2n) is 6.29. The molecule has 3 N–H and O–H groups in total. The van der Waals surface area contributed by atoms with E-state index in [1.165, 1.54) is 36.8 Å². The van der Waals surface area contributed by atoms with Crippen molar-refractivity contribution in [2.24, 2.45) is 5.73 Å². The van der Waals surface area contributed by atoms with Crippen molar-refractivity contribution in [3.63, 3.8) is 0 Å². The minimum absolute atomic E-state index is 0.493. The Morgan fingerprint density at radius 1 is 1.28 bits per heavy atom. The lowest BCUT2D eigenvalue weighted by Crippen LogP contribution is -2.42. The van der Waals surface area contributed by atoms with E-state index in [2.05, 4.69) is 36.5 Å². The predicted molar refractivity (Wildman–Crippen MR) is 75.8 cm³/mol. The Bertz CT molecular complexity index is 406. The van der Waals surface area contributed by atoms with Crippen LogP contribution in [-0.4, -0.2) is 19.1 Å². The molecule has 0 radical (unpaired) electrons.